The average Bonchev–Trinajstić information content (AvgIpc) is 3.38. The van der Waals surface area contributed by atoms with Crippen LogP contribution in [0.3, 0.4) is 0 Å². The number of aromatic nitrogens is 2. The van der Waals surface area contributed by atoms with Gasteiger partial charge in [-0.05, 0) is 57.9 Å². The molecule has 0 radical (unpaired) electrons. The molecule has 2 aromatic rings. The van der Waals surface area contributed by atoms with Crippen molar-refractivity contribution in [1.82, 2.24) is 15.0 Å². The zero-order valence-electron chi connectivity index (χ0n) is 18.7. The molecular weight excluding hydrogens is 432 g/mol. The van der Waals surface area contributed by atoms with Crippen molar-refractivity contribution in [1.29, 1.82) is 0 Å². The number of hydrogen-bond acceptors (Lipinski definition) is 8. The highest BCUT2D eigenvalue weighted by Crippen LogP contribution is 2.27. The minimum absolute atomic E-state index is 0.0871. The summed E-state index contributed by atoms with van der Waals surface area (Å²) < 4.78 is 15.3. The summed E-state index contributed by atoms with van der Waals surface area (Å²) in [5, 5.41) is 3.62. The Labute approximate surface area is 189 Å². The number of nitrogens with one attached hydrogen (secondary N) is 1. The molecule has 0 aliphatic carbocycles. The van der Waals surface area contributed by atoms with E-state index in [2.05, 4.69) is 14.7 Å². The second-order valence-corrected chi connectivity index (χ2v) is 9.11. The molecule has 176 valence electrons. The number of aromatic amines is 1. The van der Waals surface area contributed by atoms with Crippen LogP contribution in [0.1, 0.15) is 33.6 Å². The number of H-pyrrole nitrogens is 1. The third-order valence-corrected chi connectivity index (χ3v) is 5.53. The molecule has 0 saturated carbocycles. The molecule has 2 fully saturated rings. The Kier molecular flexibility index (Phi) is 5.96. The summed E-state index contributed by atoms with van der Waals surface area (Å²) >= 11 is 0. The van der Waals surface area contributed by atoms with Crippen molar-refractivity contribution >= 4 is 23.7 Å². The molecular formula is C22H26N4O7. The van der Waals surface area contributed by atoms with Crippen LogP contribution in [-0.4, -0.2) is 64.3 Å². The van der Waals surface area contributed by atoms with Crippen LogP contribution in [0, 0.1) is 5.92 Å². The second-order valence-electron chi connectivity index (χ2n) is 9.11. The Hall–Kier alpha value is -3.63. The van der Waals surface area contributed by atoms with Gasteiger partial charge in [0.25, 0.3) is 5.91 Å². The molecule has 0 spiro atoms. The lowest BCUT2D eigenvalue weighted by Crippen LogP contribution is -2.46. The van der Waals surface area contributed by atoms with Crippen LogP contribution in [-0.2, 0) is 19.1 Å². The molecule has 1 atom stereocenters. The third-order valence-electron chi connectivity index (χ3n) is 5.53. The number of amides is 2. The lowest BCUT2D eigenvalue weighted by molar-refractivity contribution is -0.163. The first-order valence-corrected chi connectivity index (χ1v) is 10.8. The fourth-order valence-electron chi connectivity index (χ4n) is 3.88. The largest absolute Gasteiger partial charge is 0.460 e. The molecule has 11 nitrogen and oxygen atoms in total. The molecule has 2 amide bonds. The summed E-state index contributed by atoms with van der Waals surface area (Å²) in [7, 11) is 0. The van der Waals surface area contributed by atoms with Gasteiger partial charge < -0.3 is 14.4 Å². The van der Waals surface area contributed by atoms with E-state index in [0.717, 1.165) is 0 Å². The van der Waals surface area contributed by atoms with E-state index in [9.17, 15) is 19.2 Å². The van der Waals surface area contributed by atoms with Gasteiger partial charge in [0, 0.05) is 24.3 Å². The van der Waals surface area contributed by atoms with Crippen molar-refractivity contribution in [2.45, 2.75) is 45.3 Å². The SMILES string of the molecule is CC(C)(C)OC(=O)C1CCN(C(=O)C2CN(c3ccc(-c4noc(=O)[nH]4)cc3)C(=O)O2)CC1. The highest BCUT2D eigenvalue weighted by molar-refractivity contribution is 5.95. The predicted molar refractivity (Wildman–Crippen MR) is 115 cm³/mol. The van der Waals surface area contributed by atoms with E-state index in [0.29, 0.717) is 37.2 Å². The van der Waals surface area contributed by atoms with Gasteiger partial charge in [0.1, 0.15) is 5.60 Å². The third kappa shape index (κ3) is 5.07. The molecule has 1 unspecified atom stereocenters. The van der Waals surface area contributed by atoms with Crippen LogP contribution >= 0.6 is 0 Å². The molecule has 2 aliphatic rings. The number of anilines is 1. The van der Waals surface area contributed by atoms with E-state index in [1.165, 1.54) is 4.90 Å². The van der Waals surface area contributed by atoms with Crippen molar-refractivity contribution < 1.29 is 28.4 Å². The van der Waals surface area contributed by atoms with Gasteiger partial charge in [0.15, 0.2) is 11.9 Å². The van der Waals surface area contributed by atoms with Crippen LogP contribution in [0.25, 0.3) is 11.4 Å². The number of likely N-dealkylation sites (tertiary alicyclic amines) is 1. The zero-order chi connectivity index (χ0) is 23.8. The van der Waals surface area contributed by atoms with E-state index in [-0.39, 0.29) is 30.2 Å². The Bertz CT molecular complexity index is 1090. The van der Waals surface area contributed by atoms with E-state index in [1.807, 2.05) is 20.8 Å². The van der Waals surface area contributed by atoms with Gasteiger partial charge >= 0.3 is 17.8 Å². The molecule has 4 rings (SSSR count). The first kappa shape index (κ1) is 22.6. The number of rotatable bonds is 4. The van der Waals surface area contributed by atoms with Gasteiger partial charge in [-0.2, -0.15) is 0 Å². The highest BCUT2D eigenvalue weighted by atomic mass is 16.6. The number of cyclic esters (lactones) is 1. The minimum Gasteiger partial charge on any atom is -0.460 e. The summed E-state index contributed by atoms with van der Waals surface area (Å²) in [6, 6.07) is 6.69. The van der Waals surface area contributed by atoms with Gasteiger partial charge in [-0.15, -0.1) is 0 Å². The molecule has 1 aromatic carbocycles. The molecule has 1 N–H and O–H groups in total. The topological polar surface area (TPSA) is 135 Å². The Morgan fingerprint density at radius 2 is 1.79 bits per heavy atom. The van der Waals surface area contributed by atoms with Gasteiger partial charge in [0.2, 0.25) is 0 Å². The molecule has 2 saturated heterocycles. The lowest BCUT2D eigenvalue weighted by atomic mass is 9.96. The standard InChI is InChI=1S/C22H26N4O7/c1-22(2,3)32-19(28)14-8-10-25(11-9-14)18(27)16-12-26(21(30)31-16)15-6-4-13(5-7-15)17-23-20(29)33-24-17/h4-7,14,16H,8-12H2,1-3H3,(H,23,24,29). The second kappa shape index (κ2) is 8.72. The average molecular weight is 458 g/mol. The van der Waals surface area contributed by atoms with Crippen LogP contribution < -0.4 is 10.7 Å². The molecule has 2 aliphatic heterocycles. The monoisotopic (exact) mass is 458 g/mol. The fourth-order valence-corrected chi connectivity index (χ4v) is 3.88. The maximum atomic E-state index is 12.9. The summed E-state index contributed by atoms with van der Waals surface area (Å²) in [6.45, 7) is 6.37. The van der Waals surface area contributed by atoms with E-state index in [1.54, 1.807) is 29.2 Å². The number of nitrogens with zero attached hydrogens (tertiary/aromatic N) is 3. The number of esters is 1. The number of hydrogen-bond donors (Lipinski definition) is 1. The predicted octanol–water partition coefficient (Wildman–Crippen LogP) is 1.94. The Morgan fingerprint density at radius 3 is 2.36 bits per heavy atom. The quantitative estimate of drug-likeness (QED) is 0.687. The highest BCUT2D eigenvalue weighted by Gasteiger charge is 2.40. The van der Waals surface area contributed by atoms with Crippen LogP contribution in [0.15, 0.2) is 33.6 Å². The summed E-state index contributed by atoms with van der Waals surface area (Å²) in [5.41, 5.74) is 0.613. The molecule has 3 heterocycles. The summed E-state index contributed by atoms with van der Waals surface area (Å²) in [6.07, 6.45) is -0.505. The number of benzene rings is 1. The smallest absolute Gasteiger partial charge is 0.439 e. The summed E-state index contributed by atoms with van der Waals surface area (Å²) in [4.78, 5) is 54.2. The van der Waals surface area contributed by atoms with E-state index in [4.69, 9.17) is 9.47 Å². The molecule has 11 heteroatoms. The van der Waals surface area contributed by atoms with Crippen molar-refractivity contribution in [2.75, 3.05) is 24.5 Å². The zero-order valence-corrected chi connectivity index (χ0v) is 18.7. The Balaban J connectivity index is 1.34. The fraction of sp³-hybridized carbons (Fsp3) is 0.500. The van der Waals surface area contributed by atoms with Crippen LogP contribution in [0.4, 0.5) is 10.5 Å². The molecule has 1 aromatic heterocycles. The van der Waals surface area contributed by atoms with Crippen molar-refractivity contribution in [3.63, 3.8) is 0 Å². The molecule has 0 bridgehead atoms. The lowest BCUT2D eigenvalue weighted by Gasteiger charge is -2.33. The van der Waals surface area contributed by atoms with Gasteiger partial charge in [0.05, 0.1) is 12.5 Å². The number of carbonyl (C=O) groups excluding carboxylic acids is 3. The number of piperidine rings is 1. The minimum atomic E-state index is -0.915. The van der Waals surface area contributed by atoms with Crippen molar-refractivity contribution in [3.8, 4) is 11.4 Å². The molecule has 33 heavy (non-hydrogen) atoms. The normalized spacial score (nSPS) is 19.5. The maximum absolute atomic E-state index is 12.9. The van der Waals surface area contributed by atoms with Crippen LogP contribution in [0.2, 0.25) is 0 Å². The first-order valence-electron chi connectivity index (χ1n) is 10.8. The maximum Gasteiger partial charge on any atom is 0.439 e. The number of ether oxygens (including phenoxy) is 2. The van der Waals surface area contributed by atoms with Crippen molar-refractivity contribution in [2.24, 2.45) is 5.92 Å². The number of carbonyl (C=O) groups is 3. The van der Waals surface area contributed by atoms with E-state index >= 15 is 0 Å². The van der Waals surface area contributed by atoms with Gasteiger partial charge in [-0.25, -0.2) is 9.59 Å². The summed E-state index contributed by atoms with van der Waals surface area (Å²) in [5.74, 6) is -1.14. The first-order chi connectivity index (χ1) is 15.6. The van der Waals surface area contributed by atoms with Gasteiger partial charge in [-0.1, -0.05) is 5.16 Å². The Morgan fingerprint density at radius 1 is 1.12 bits per heavy atom. The van der Waals surface area contributed by atoms with Crippen molar-refractivity contribution in [3.05, 3.63) is 34.8 Å². The van der Waals surface area contributed by atoms with Crippen LogP contribution in [0.5, 0.6) is 0 Å². The van der Waals surface area contributed by atoms with E-state index < -0.39 is 23.6 Å². The van der Waals surface area contributed by atoms with Gasteiger partial charge in [-0.3, -0.25) is 24.0 Å².